The molecule has 36 heavy (non-hydrogen) atoms. The summed E-state index contributed by atoms with van der Waals surface area (Å²) in [5.41, 5.74) is 4.77. The number of halogens is 2. The Bertz CT molecular complexity index is 1480. The monoisotopic (exact) mass is 512 g/mol. The van der Waals surface area contributed by atoms with Crippen LogP contribution in [-0.2, 0) is 4.57 Å². The topological polar surface area (TPSA) is 76.8 Å². The Morgan fingerprint density at radius 3 is 2.75 bits per heavy atom. The van der Waals surface area contributed by atoms with Crippen molar-refractivity contribution in [1.82, 2.24) is 19.3 Å². The van der Waals surface area contributed by atoms with Crippen molar-refractivity contribution < 1.29 is 22.9 Å². The lowest BCUT2D eigenvalue weighted by atomic mass is 9.91. The van der Waals surface area contributed by atoms with Crippen LogP contribution >= 0.6 is 7.14 Å². The van der Waals surface area contributed by atoms with Crippen LogP contribution in [0.2, 0.25) is 0 Å². The van der Waals surface area contributed by atoms with Crippen molar-refractivity contribution in [3.8, 4) is 5.75 Å². The van der Waals surface area contributed by atoms with Crippen molar-refractivity contribution in [2.24, 2.45) is 0 Å². The van der Waals surface area contributed by atoms with Crippen LogP contribution in [0, 0.1) is 0 Å². The molecule has 1 aliphatic heterocycles. The minimum atomic E-state index is -3.00. The maximum Gasteiger partial charge on any atom is 0.387 e. The lowest BCUT2D eigenvalue weighted by Gasteiger charge is -2.25. The molecule has 0 N–H and O–H groups in total. The summed E-state index contributed by atoms with van der Waals surface area (Å²) in [5, 5.41) is 0. The summed E-state index contributed by atoms with van der Waals surface area (Å²) < 4.78 is 45.9. The highest BCUT2D eigenvalue weighted by Gasteiger charge is 2.46. The zero-order valence-corrected chi connectivity index (χ0v) is 21.2. The van der Waals surface area contributed by atoms with Gasteiger partial charge in [0.1, 0.15) is 5.75 Å². The van der Waals surface area contributed by atoms with Gasteiger partial charge in [-0.2, -0.15) is 8.78 Å². The molecule has 2 aromatic heterocycles. The van der Waals surface area contributed by atoms with Gasteiger partial charge in [-0.1, -0.05) is 12.1 Å². The molecular weight excluding hydrogens is 485 g/mol. The molecule has 3 aliphatic rings. The van der Waals surface area contributed by atoms with Crippen LogP contribution in [0.4, 0.5) is 8.78 Å². The van der Waals surface area contributed by atoms with Crippen LogP contribution in [-0.4, -0.2) is 57.8 Å². The van der Waals surface area contributed by atoms with Crippen LogP contribution in [0.1, 0.15) is 70.5 Å². The summed E-state index contributed by atoms with van der Waals surface area (Å²) in [6.45, 7) is 0.708. The minimum absolute atomic E-state index is 0.0198. The second kappa shape index (κ2) is 8.23. The van der Waals surface area contributed by atoms with Gasteiger partial charge in [-0.05, 0) is 56.7 Å². The van der Waals surface area contributed by atoms with Gasteiger partial charge in [-0.15, -0.1) is 0 Å². The number of fused-ring (bicyclic) bond motifs is 9. The summed E-state index contributed by atoms with van der Waals surface area (Å²) >= 11 is 0. The quantitative estimate of drug-likeness (QED) is 0.429. The molecule has 3 unspecified atom stereocenters. The molecule has 2 aliphatic carbocycles. The Kier molecular flexibility index (Phi) is 5.34. The zero-order valence-electron chi connectivity index (χ0n) is 20.3. The highest BCUT2D eigenvalue weighted by atomic mass is 31.2. The number of ether oxygens (including phenoxy) is 1. The number of hydrogen-bond acceptors (Lipinski definition) is 5. The average Bonchev–Trinajstić information content (AvgIpc) is 3.36. The smallest absolute Gasteiger partial charge is 0.387 e. The average molecular weight is 512 g/mol. The normalized spacial score (nSPS) is 23.5. The summed E-state index contributed by atoms with van der Waals surface area (Å²) in [5.74, 6) is -0.0476. The molecule has 3 aromatic rings. The van der Waals surface area contributed by atoms with E-state index in [-0.39, 0.29) is 29.3 Å². The molecule has 7 nitrogen and oxygen atoms in total. The van der Waals surface area contributed by atoms with Crippen molar-refractivity contribution in [3.05, 3.63) is 64.7 Å². The Labute approximate surface area is 207 Å². The van der Waals surface area contributed by atoms with E-state index in [9.17, 15) is 18.1 Å². The highest BCUT2D eigenvalue weighted by molar-refractivity contribution is 7.63. The maximum atomic E-state index is 13.3. The fraction of sp³-hybridized carbons (Fsp3) is 0.423. The molecule has 2 bridgehead atoms. The van der Waals surface area contributed by atoms with Gasteiger partial charge in [0.05, 0.1) is 24.6 Å². The summed E-state index contributed by atoms with van der Waals surface area (Å²) in [7, 11) is -0.422. The molecule has 188 valence electrons. The van der Waals surface area contributed by atoms with Crippen LogP contribution in [0.15, 0.2) is 36.7 Å². The number of allylic oxidation sites excluding steroid dienone is 2. The highest BCUT2D eigenvalue weighted by Crippen LogP contribution is 2.53. The number of hydrogen-bond donors (Lipinski definition) is 0. The Morgan fingerprint density at radius 1 is 1.25 bits per heavy atom. The van der Waals surface area contributed by atoms with Crippen molar-refractivity contribution in [3.63, 3.8) is 0 Å². The first-order valence-electron chi connectivity index (χ1n) is 12.1. The first-order valence-corrected chi connectivity index (χ1v) is 14.8. The van der Waals surface area contributed by atoms with E-state index in [2.05, 4.69) is 11.1 Å². The molecule has 0 fully saturated rings. The molecule has 0 saturated carbocycles. The second-order valence-electron chi connectivity index (χ2n) is 10.3. The molecule has 1 aromatic carbocycles. The number of aromatic nitrogens is 3. The third-order valence-corrected chi connectivity index (χ3v) is 10.2. The van der Waals surface area contributed by atoms with Gasteiger partial charge in [0.25, 0.3) is 5.91 Å². The number of amides is 1. The number of carbonyl (C=O) groups excluding carboxylic acids is 1. The second-order valence-corrected chi connectivity index (χ2v) is 13.9. The molecule has 0 spiro atoms. The van der Waals surface area contributed by atoms with Gasteiger partial charge in [-0.25, -0.2) is 9.97 Å². The fourth-order valence-corrected chi connectivity index (χ4v) is 7.40. The van der Waals surface area contributed by atoms with Crippen molar-refractivity contribution in [2.45, 2.75) is 49.9 Å². The molecule has 3 heterocycles. The lowest BCUT2D eigenvalue weighted by Crippen LogP contribution is -2.30. The van der Waals surface area contributed by atoms with E-state index in [0.29, 0.717) is 23.3 Å². The number of rotatable bonds is 4. The van der Waals surface area contributed by atoms with Crippen molar-refractivity contribution >= 4 is 24.4 Å². The first-order chi connectivity index (χ1) is 17.1. The van der Waals surface area contributed by atoms with E-state index in [1.807, 2.05) is 23.9 Å². The number of nitrogens with zero attached hydrogens (tertiary/aromatic N) is 4. The first kappa shape index (κ1) is 23.3. The number of benzene rings is 1. The Balaban J connectivity index is 1.48. The number of imidazole rings is 1. The maximum absolute atomic E-state index is 13.3. The molecular formula is C26H27F2N4O3P. The van der Waals surface area contributed by atoms with Gasteiger partial charge in [0.2, 0.25) is 5.78 Å². The van der Waals surface area contributed by atoms with Gasteiger partial charge in [0, 0.05) is 47.7 Å². The summed E-state index contributed by atoms with van der Waals surface area (Å²) in [6, 6.07) is 4.45. The predicted octanol–water partition coefficient (Wildman–Crippen LogP) is 5.55. The molecule has 0 radical (unpaired) electrons. The summed E-state index contributed by atoms with van der Waals surface area (Å²) in [4.78, 5) is 24.3. The summed E-state index contributed by atoms with van der Waals surface area (Å²) in [6.07, 6.45) is 8.98. The molecule has 10 heteroatoms. The van der Waals surface area contributed by atoms with Gasteiger partial charge < -0.3 is 14.2 Å². The minimum Gasteiger partial charge on any atom is -0.434 e. The SMILES string of the molecule is CN1C(=O)c2cccc(OC(F)F)c2C2CC1c1nc3ncc(C4=CCC(P(C)(C)=O)CC4)cn3c12. The van der Waals surface area contributed by atoms with E-state index >= 15 is 0 Å². The standard InChI is InChI=1S/C26H27F2N4O3P/c1-31-19-11-18(21-17(24(31)33)5-4-6-20(21)35-25(27)28)23-22(19)30-26-29-12-15(13-32(23)26)14-7-9-16(10-8-14)36(2,3)34/h4-7,12-13,16,18-19,25H,8-11H2,1-3H3. The van der Waals surface area contributed by atoms with E-state index in [0.717, 1.165) is 41.8 Å². The number of alkyl halides is 2. The molecule has 1 amide bonds. The number of carbonyl (C=O) groups is 1. The third-order valence-electron chi connectivity index (χ3n) is 7.93. The van der Waals surface area contributed by atoms with E-state index in [4.69, 9.17) is 9.72 Å². The third kappa shape index (κ3) is 3.59. The van der Waals surface area contributed by atoms with Crippen molar-refractivity contribution in [1.29, 1.82) is 0 Å². The van der Waals surface area contributed by atoms with Gasteiger partial charge in [-0.3, -0.25) is 9.20 Å². The van der Waals surface area contributed by atoms with Crippen LogP contribution in [0.3, 0.4) is 0 Å². The fourth-order valence-electron chi connectivity index (χ4n) is 6.04. The molecule has 3 atom stereocenters. The zero-order chi connectivity index (χ0) is 25.4. The Morgan fingerprint density at radius 2 is 2.06 bits per heavy atom. The van der Waals surface area contributed by atoms with Crippen LogP contribution < -0.4 is 4.74 Å². The van der Waals surface area contributed by atoms with Crippen molar-refractivity contribution in [2.75, 3.05) is 20.4 Å². The van der Waals surface area contributed by atoms with Gasteiger partial charge >= 0.3 is 6.61 Å². The van der Waals surface area contributed by atoms with E-state index in [1.54, 1.807) is 30.3 Å². The van der Waals surface area contributed by atoms with Crippen LogP contribution in [0.5, 0.6) is 5.75 Å². The van der Waals surface area contributed by atoms with E-state index in [1.165, 1.54) is 6.07 Å². The molecule has 0 saturated heterocycles. The van der Waals surface area contributed by atoms with E-state index < -0.39 is 13.8 Å². The molecule has 6 rings (SSSR count). The lowest BCUT2D eigenvalue weighted by molar-refractivity contribution is -0.0506. The predicted molar refractivity (Wildman–Crippen MR) is 132 cm³/mol. The van der Waals surface area contributed by atoms with Gasteiger partial charge in [0.15, 0.2) is 0 Å². The Hall–Kier alpha value is -3.06. The van der Waals surface area contributed by atoms with Crippen LogP contribution in [0.25, 0.3) is 11.4 Å². The largest absolute Gasteiger partial charge is 0.434 e.